The van der Waals surface area contributed by atoms with E-state index < -0.39 is 21.9 Å². The number of hydrogen-bond acceptors (Lipinski definition) is 5. The first-order chi connectivity index (χ1) is 13.1. The quantitative estimate of drug-likeness (QED) is 0.752. The van der Waals surface area contributed by atoms with Gasteiger partial charge in [0.2, 0.25) is 10.0 Å². The Hall–Kier alpha value is -1.23. The number of ether oxygens (including phenoxy) is 1. The molecule has 0 aromatic carbocycles. The van der Waals surface area contributed by atoms with Crippen molar-refractivity contribution in [2.75, 3.05) is 39.4 Å². The monoisotopic (exact) mass is 419 g/mol. The number of aromatic nitrogens is 1. The maximum Gasteiger partial charge on any atom is 0.433 e. The minimum Gasteiger partial charge on any atom is -0.379 e. The zero-order valence-corrected chi connectivity index (χ0v) is 16.5. The van der Waals surface area contributed by atoms with Gasteiger partial charge in [-0.2, -0.15) is 17.5 Å². The highest BCUT2D eigenvalue weighted by Crippen LogP contribution is 2.49. The van der Waals surface area contributed by atoms with Crippen LogP contribution >= 0.6 is 0 Å². The van der Waals surface area contributed by atoms with E-state index in [1.165, 1.54) is 11.2 Å². The van der Waals surface area contributed by atoms with Crippen LogP contribution in [0.2, 0.25) is 0 Å². The lowest BCUT2D eigenvalue weighted by atomic mass is 9.80. The topological polar surface area (TPSA) is 62.7 Å². The van der Waals surface area contributed by atoms with Crippen LogP contribution < -0.4 is 0 Å². The highest BCUT2D eigenvalue weighted by atomic mass is 32.2. The molecule has 1 aliphatic carbocycles. The smallest absolute Gasteiger partial charge is 0.379 e. The molecule has 0 unspecified atom stereocenters. The number of halogens is 3. The van der Waals surface area contributed by atoms with Crippen LogP contribution in [0.1, 0.15) is 30.5 Å². The van der Waals surface area contributed by atoms with Gasteiger partial charge in [0.15, 0.2) is 0 Å². The minimum atomic E-state index is -4.59. The second-order valence-corrected chi connectivity index (χ2v) is 10.1. The van der Waals surface area contributed by atoms with Crippen LogP contribution in [-0.2, 0) is 20.9 Å². The van der Waals surface area contributed by atoms with E-state index in [0.717, 1.165) is 57.8 Å². The molecule has 1 atom stereocenters. The summed E-state index contributed by atoms with van der Waals surface area (Å²) < 4.78 is 70.9. The van der Waals surface area contributed by atoms with Gasteiger partial charge in [-0.15, -0.1) is 0 Å². The van der Waals surface area contributed by atoms with Crippen LogP contribution in [0.4, 0.5) is 13.2 Å². The standard InChI is InChI=1S/C18H24F3N3O3S/c1-13-8-16(18(19,20)21)22-10-15(13)28(25,26)24-11-17(12-24)3-2-14(9-17)23-4-6-27-7-5-23/h8,10,14H,2-7,9,11-12H2,1H3/t14-/m1/s1. The van der Waals surface area contributed by atoms with Crippen LogP contribution in [0.15, 0.2) is 17.2 Å². The van der Waals surface area contributed by atoms with Crippen molar-refractivity contribution in [1.82, 2.24) is 14.2 Å². The van der Waals surface area contributed by atoms with E-state index in [-0.39, 0.29) is 15.9 Å². The van der Waals surface area contributed by atoms with Crippen LogP contribution in [0.3, 0.4) is 0 Å². The molecule has 0 amide bonds. The lowest BCUT2D eigenvalue weighted by molar-refractivity contribution is -0.141. The molecule has 3 heterocycles. The summed E-state index contributed by atoms with van der Waals surface area (Å²) in [5, 5.41) is 0. The van der Waals surface area contributed by atoms with Gasteiger partial charge in [0.05, 0.1) is 13.2 Å². The normalized spacial score (nSPS) is 26.5. The molecule has 1 aromatic rings. The molecule has 0 N–H and O–H groups in total. The van der Waals surface area contributed by atoms with Crippen LogP contribution in [-0.4, -0.2) is 68.0 Å². The van der Waals surface area contributed by atoms with Crippen molar-refractivity contribution in [3.63, 3.8) is 0 Å². The Bertz CT molecular complexity index is 847. The molecule has 0 bridgehead atoms. The summed E-state index contributed by atoms with van der Waals surface area (Å²) in [5.74, 6) is 0. The molecule has 1 saturated carbocycles. The zero-order chi connectivity index (χ0) is 20.2. The fraction of sp³-hybridized carbons (Fsp3) is 0.722. The SMILES string of the molecule is Cc1cc(C(F)(F)F)ncc1S(=O)(=O)N1CC2(CC[C@@H](N3CCOCC3)C2)C1. The molecule has 156 valence electrons. The first kappa shape index (κ1) is 20.1. The molecule has 10 heteroatoms. The average Bonchev–Trinajstić information content (AvgIpc) is 3.06. The van der Waals surface area contributed by atoms with E-state index >= 15 is 0 Å². The summed E-state index contributed by atoms with van der Waals surface area (Å²) >= 11 is 0. The average molecular weight is 419 g/mol. The zero-order valence-electron chi connectivity index (χ0n) is 15.7. The summed E-state index contributed by atoms with van der Waals surface area (Å²) in [7, 11) is -3.83. The van der Waals surface area contributed by atoms with Gasteiger partial charge in [-0.05, 0) is 43.2 Å². The van der Waals surface area contributed by atoms with Gasteiger partial charge in [0.1, 0.15) is 10.6 Å². The highest BCUT2D eigenvalue weighted by Gasteiger charge is 2.53. The first-order valence-corrected chi connectivity index (χ1v) is 10.9. The summed E-state index contributed by atoms with van der Waals surface area (Å²) in [5.41, 5.74) is -1.02. The predicted octanol–water partition coefficient (Wildman–Crippen LogP) is 2.28. The number of sulfonamides is 1. The summed E-state index contributed by atoms with van der Waals surface area (Å²) in [4.78, 5) is 5.62. The first-order valence-electron chi connectivity index (χ1n) is 9.47. The van der Waals surface area contributed by atoms with Crippen molar-refractivity contribution in [3.8, 4) is 0 Å². The molecular weight excluding hydrogens is 395 g/mol. The molecule has 1 spiro atoms. The van der Waals surface area contributed by atoms with Crippen molar-refractivity contribution in [3.05, 3.63) is 23.5 Å². The van der Waals surface area contributed by atoms with Gasteiger partial charge in [-0.1, -0.05) is 0 Å². The number of morpholine rings is 1. The van der Waals surface area contributed by atoms with E-state index in [1.807, 2.05) is 0 Å². The highest BCUT2D eigenvalue weighted by molar-refractivity contribution is 7.89. The largest absolute Gasteiger partial charge is 0.433 e. The number of alkyl halides is 3. The maximum absolute atomic E-state index is 12.9. The molecule has 6 nitrogen and oxygen atoms in total. The van der Waals surface area contributed by atoms with E-state index in [9.17, 15) is 21.6 Å². The number of aryl methyl sites for hydroxylation is 1. The van der Waals surface area contributed by atoms with E-state index in [0.29, 0.717) is 19.1 Å². The summed E-state index contributed by atoms with van der Waals surface area (Å²) in [6.07, 6.45) is -0.765. The lowest BCUT2D eigenvalue weighted by Gasteiger charge is -2.47. The van der Waals surface area contributed by atoms with E-state index in [1.54, 1.807) is 0 Å². The van der Waals surface area contributed by atoms with Crippen molar-refractivity contribution < 1.29 is 26.3 Å². The molecular formula is C18H24F3N3O3S. The molecule has 28 heavy (non-hydrogen) atoms. The van der Waals surface area contributed by atoms with Gasteiger partial charge in [0, 0.05) is 38.4 Å². The number of nitrogens with zero attached hydrogens (tertiary/aromatic N) is 3. The molecule has 2 saturated heterocycles. The van der Waals surface area contributed by atoms with Gasteiger partial charge in [-0.25, -0.2) is 8.42 Å². The number of hydrogen-bond donors (Lipinski definition) is 0. The van der Waals surface area contributed by atoms with Crippen LogP contribution in [0.25, 0.3) is 0 Å². The second kappa shape index (κ2) is 6.93. The molecule has 4 rings (SSSR count). The van der Waals surface area contributed by atoms with Crippen LogP contribution in [0.5, 0.6) is 0 Å². The summed E-state index contributed by atoms with van der Waals surface area (Å²) in [6, 6.07) is 1.26. The Kier molecular flexibility index (Phi) is 4.96. The van der Waals surface area contributed by atoms with Gasteiger partial charge in [-0.3, -0.25) is 9.88 Å². The molecule has 2 aliphatic heterocycles. The maximum atomic E-state index is 12.9. The molecule has 0 radical (unpaired) electrons. The third-order valence-electron chi connectivity index (χ3n) is 6.23. The fourth-order valence-electron chi connectivity index (χ4n) is 4.70. The Balaban J connectivity index is 1.44. The lowest BCUT2D eigenvalue weighted by Crippen LogP contribution is -2.57. The van der Waals surface area contributed by atoms with Crippen molar-refractivity contribution in [1.29, 1.82) is 0 Å². The number of rotatable bonds is 3. The third-order valence-corrected chi connectivity index (χ3v) is 8.15. The van der Waals surface area contributed by atoms with Gasteiger partial charge < -0.3 is 4.74 Å². The van der Waals surface area contributed by atoms with E-state index in [2.05, 4.69) is 9.88 Å². The van der Waals surface area contributed by atoms with E-state index in [4.69, 9.17) is 4.74 Å². The van der Waals surface area contributed by atoms with Gasteiger partial charge in [0.25, 0.3) is 0 Å². The predicted molar refractivity (Wildman–Crippen MR) is 95.2 cm³/mol. The van der Waals surface area contributed by atoms with Crippen molar-refractivity contribution in [2.45, 2.75) is 43.3 Å². The fourth-order valence-corrected chi connectivity index (χ4v) is 6.52. The van der Waals surface area contributed by atoms with Gasteiger partial charge >= 0.3 is 6.18 Å². The molecule has 1 aromatic heterocycles. The Morgan fingerprint density at radius 3 is 2.54 bits per heavy atom. The Labute approximate surface area is 162 Å². The number of pyridine rings is 1. The Morgan fingerprint density at radius 1 is 1.25 bits per heavy atom. The third kappa shape index (κ3) is 3.55. The van der Waals surface area contributed by atoms with Crippen molar-refractivity contribution in [2.24, 2.45) is 5.41 Å². The van der Waals surface area contributed by atoms with Crippen LogP contribution in [0, 0.1) is 12.3 Å². The summed E-state index contributed by atoms with van der Waals surface area (Å²) in [6.45, 7) is 5.55. The Morgan fingerprint density at radius 2 is 1.93 bits per heavy atom. The second-order valence-electron chi connectivity index (χ2n) is 8.15. The van der Waals surface area contributed by atoms with Crippen molar-refractivity contribution >= 4 is 10.0 Å². The molecule has 3 fully saturated rings. The minimum absolute atomic E-state index is 0.0106. The molecule has 3 aliphatic rings.